The molecule has 0 atom stereocenters. The third-order valence-corrected chi connectivity index (χ3v) is 2.33. The molecule has 0 fully saturated rings. The van der Waals surface area contributed by atoms with Gasteiger partial charge in [-0.1, -0.05) is 24.3 Å². The second-order valence-corrected chi connectivity index (χ2v) is 3.40. The SMILES string of the molecule is NC(=O)NN1Cc2ccccc2CC1=O. The van der Waals surface area contributed by atoms with Crippen LogP contribution in [0.15, 0.2) is 24.3 Å². The lowest BCUT2D eigenvalue weighted by Crippen LogP contribution is -2.50. The van der Waals surface area contributed by atoms with E-state index in [2.05, 4.69) is 5.43 Å². The number of primary amides is 1. The van der Waals surface area contributed by atoms with E-state index in [0.29, 0.717) is 13.0 Å². The van der Waals surface area contributed by atoms with Crippen LogP contribution in [0.2, 0.25) is 0 Å². The van der Waals surface area contributed by atoms with E-state index in [-0.39, 0.29) is 5.91 Å². The summed E-state index contributed by atoms with van der Waals surface area (Å²) in [4.78, 5) is 22.2. The van der Waals surface area contributed by atoms with Crippen LogP contribution in [-0.2, 0) is 17.8 Å². The summed E-state index contributed by atoms with van der Waals surface area (Å²) in [5, 5.41) is 1.24. The smallest absolute Gasteiger partial charge is 0.331 e. The van der Waals surface area contributed by atoms with Gasteiger partial charge in [-0.05, 0) is 11.1 Å². The molecule has 78 valence electrons. The lowest BCUT2D eigenvalue weighted by Gasteiger charge is -2.27. The summed E-state index contributed by atoms with van der Waals surface area (Å²) in [7, 11) is 0. The molecular formula is C10H11N3O2. The first kappa shape index (κ1) is 9.51. The standard InChI is InChI=1S/C10H11N3O2/c11-10(15)12-13-6-8-4-2-1-3-7(8)5-9(13)14/h1-4H,5-6H2,(H3,11,12,15). The Morgan fingerprint density at radius 2 is 2.00 bits per heavy atom. The monoisotopic (exact) mass is 205 g/mol. The molecule has 5 heteroatoms. The van der Waals surface area contributed by atoms with E-state index in [1.807, 2.05) is 24.3 Å². The molecule has 0 saturated heterocycles. The van der Waals surface area contributed by atoms with Crippen LogP contribution in [0.5, 0.6) is 0 Å². The van der Waals surface area contributed by atoms with Crippen LogP contribution in [-0.4, -0.2) is 16.9 Å². The van der Waals surface area contributed by atoms with Gasteiger partial charge in [0.2, 0.25) is 5.91 Å². The number of fused-ring (bicyclic) bond motifs is 1. The lowest BCUT2D eigenvalue weighted by atomic mass is 10.0. The number of benzene rings is 1. The fourth-order valence-corrected chi connectivity index (χ4v) is 1.64. The van der Waals surface area contributed by atoms with E-state index in [1.165, 1.54) is 5.01 Å². The molecule has 15 heavy (non-hydrogen) atoms. The highest BCUT2D eigenvalue weighted by Crippen LogP contribution is 2.17. The van der Waals surface area contributed by atoms with Gasteiger partial charge < -0.3 is 5.73 Å². The number of nitrogens with one attached hydrogen (secondary N) is 1. The number of nitrogens with zero attached hydrogens (tertiary/aromatic N) is 1. The maximum atomic E-state index is 11.5. The molecule has 0 unspecified atom stereocenters. The number of urea groups is 1. The van der Waals surface area contributed by atoms with Crippen LogP contribution in [0, 0.1) is 0 Å². The third-order valence-electron chi connectivity index (χ3n) is 2.33. The molecule has 1 heterocycles. The molecule has 2 rings (SSSR count). The largest absolute Gasteiger partial charge is 0.350 e. The minimum Gasteiger partial charge on any atom is -0.350 e. The van der Waals surface area contributed by atoms with Crippen molar-refractivity contribution in [2.75, 3.05) is 0 Å². The molecule has 1 aromatic carbocycles. The van der Waals surface area contributed by atoms with Gasteiger partial charge in [0.25, 0.3) is 0 Å². The zero-order valence-corrected chi connectivity index (χ0v) is 8.06. The minimum absolute atomic E-state index is 0.146. The van der Waals surface area contributed by atoms with Gasteiger partial charge in [-0.3, -0.25) is 4.79 Å². The van der Waals surface area contributed by atoms with E-state index < -0.39 is 6.03 Å². The lowest BCUT2D eigenvalue weighted by molar-refractivity contribution is -0.134. The van der Waals surface area contributed by atoms with Crippen LogP contribution in [0.1, 0.15) is 11.1 Å². The van der Waals surface area contributed by atoms with Gasteiger partial charge >= 0.3 is 6.03 Å². The van der Waals surface area contributed by atoms with Gasteiger partial charge in [0, 0.05) is 0 Å². The molecule has 0 radical (unpaired) electrons. The first-order valence-electron chi connectivity index (χ1n) is 4.60. The summed E-state index contributed by atoms with van der Waals surface area (Å²) in [6, 6.07) is 6.91. The topological polar surface area (TPSA) is 75.4 Å². The Balaban J connectivity index is 2.22. The summed E-state index contributed by atoms with van der Waals surface area (Å²) >= 11 is 0. The average molecular weight is 205 g/mol. The Hall–Kier alpha value is -2.04. The molecular weight excluding hydrogens is 194 g/mol. The van der Waals surface area contributed by atoms with E-state index in [0.717, 1.165) is 11.1 Å². The molecule has 3 N–H and O–H groups in total. The molecule has 0 saturated carbocycles. The number of hydrazine groups is 1. The summed E-state index contributed by atoms with van der Waals surface area (Å²) in [5.74, 6) is -0.146. The van der Waals surface area contributed by atoms with E-state index in [9.17, 15) is 9.59 Å². The average Bonchev–Trinajstić information content (AvgIpc) is 2.18. The van der Waals surface area contributed by atoms with Crippen molar-refractivity contribution in [2.45, 2.75) is 13.0 Å². The second kappa shape index (κ2) is 3.61. The van der Waals surface area contributed by atoms with E-state index >= 15 is 0 Å². The number of amides is 3. The predicted molar refractivity (Wildman–Crippen MR) is 53.4 cm³/mol. The molecule has 0 spiro atoms. The summed E-state index contributed by atoms with van der Waals surface area (Å²) in [6.45, 7) is 0.373. The van der Waals surface area contributed by atoms with Crippen molar-refractivity contribution >= 4 is 11.9 Å². The zero-order valence-electron chi connectivity index (χ0n) is 8.06. The Kier molecular flexibility index (Phi) is 2.29. The van der Waals surface area contributed by atoms with Gasteiger partial charge in [-0.2, -0.15) is 0 Å². The third kappa shape index (κ3) is 1.90. The van der Waals surface area contributed by atoms with Crippen molar-refractivity contribution in [1.29, 1.82) is 0 Å². The normalized spacial score (nSPS) is 14.7. The summed E-state index contributed by atoms with van der Waals surface area (Å²) in [6.07, 6.45) is 0.302. The molecule has 1 aromatic rings. The molecule has 1 aliphatic rings. The van der Waals surface area contributed by atoms with Crippen LogP contribution >= 0.6 is 0 Å². The summed E-state index contributed by atoms with van der Waals surface area (Å²) < 4.78 is 0. The Morgan fingerprint density at radius 3 is 2.67 bits per heavy atom. The fourth-order valence-electron chi connectivity index (χ4n) is 1.64. The Morgan fingerprint density at radius 1 is 1.33 bits per heavy atom. The van der Waals surface area contributed by atoms with E-state index in [4.69, 9.17) is 5.73 Å². The molecule has 0 aliphatic carbocycles. The highest BCUT2D eigenvalue weighted by Gasteiger charge is 2.23. The molecule has 3 amide bonds. The zero-order chi connectivity index (χ0) is 10.8. The van der Waals surface area contributed by atoms with Crippen LogP contribution in [0.4, 0.5) is 4.79 Å². The maximum absolute atomic E-state index is 11.5. The minimum atomic E-state index is -0.720. The number of carbonyl (C=O) groups excluding carboxylic acids is 2. The van der Waals surface area contributed by atoms with Gasteiger partial charge in [-0.25, -0.2) is 15.2 Å². The van der Waals surface area contributed by atoms with Crippen LogP contribution in [0.3, 0.4) is 0 Å². The molecule has 1 aliphatic heterocycles. The first-order chi connectivity index (χ1) is 7.16. The highest BCUT2D eigenvalue weighted by atomic mass is 16.2. The van der Waals surface area contributed by atoms with Crippen LogP contribution < -0.4 is 11.2 Å². The number of carbonyl (C=O) groups is 2. The van der Waals surface area contributed by atoms with Gasteiger partial charge in [0.05, 0.1) is 13.0 Å². The molecule has 0 bridgehead atoms. The second-order valence-electron chi connectivity index (χ2n) is 3.40. The van der Waals surface area contributed by atoms with Gasteiger partial charge in [-0.15, -0.1) is 0 Å². The predicted octanol–water partition coefficient (Wildman–Crippen LogP) is 0.155. The molecule has 5 nitrogen and oxygen atoms in total. The van der Waals surface area contributed by atoms with Crippen molar-refractivity contribution in [3.63, 3.8) is 0 Å². The number of nitrogens with two attached hydrogens (primary N) is 1. The quantitative estimate of drug-likeness (QED) is 0.685. The maximum Gasteiger partial charge on any atom is 0.331 e. The van der Waals surface area contributed by atoms with Crippen molar-refractivity contribution in [3.8, 4) is 0 Å². The number of hydrogen-bond donors (Lipinski definition) is 2. The molecule has 0 aromatic heterocycles. The Labute approximate surface area is 86.8 Å². The van der Waals surface area contributed by atoms with Crippen molar-refractivity contribution in [2.24, 2.45) is 5.73 Å². The number of hydrogen-bond acceptors (Lipinski definition) is 2. The van der Waals surface area contributed by atoms with Gasteiger partial charge in [0.1, 0.15) is 0 Å². The fraction of sp³-hybridized carbons (Fsp3) is 0.200. The van der Waals surface area contributed by atoms with Crippen molar-refractivity contribution < 1.29 is 9.59 Å². The van der Waals surface area contributed by atoms with Crippen molar-refractivity contribution in [3.05, 3.63) is 35.4 Å². The van der Waals surface area contributed by atoms with Crippen molar-refractivity contribution in [1.82, 2.24) is 10.4 Å². The highest BCUT2D eigenvalue weighted by molar-refractivity contribution is 5.83. The van der Waals surface area contributed by atoms with Gasteiger partial charge in [0.15, 0.2) is 0 Å². The number of rotatable bonds is 1. The van der Waals surface area contributed by atoms with Crippen LogP contribution in [0.25, 0.3) is 0 Å². The first-order valence-corrected chi connectivity index (χ1v) is 4.60. The Bertz CT molecular complexity index is 417. The summed E-state index contributed by atoms with van der Waals surface area (Å²) in [5.41, 5.74) is 9.29. The van der Waals surface area contributed by atoms with E-state index in [1.54, 1.807) is 0 Å².